The number of carbonyl (C=O) groups is 2. The lowest BCUT2D eigenvalue weighted by Gasteiger charge is -2.20. The van der Waals surface area contributed by atoms with Crippen LogP contribution in [0.1, 0.15) is 26.3 Å². The molecule has 0 bridgehead atoms. The predicted octanol–water partition coefficient (Wildman–Crippen LogP) is 4.83. The smallest absolute Gasteiger partial charge is 0.412 e. The number of rotatable bonds is 5. The van der Waals surface area contributed by atoms with Crippen LogP contribution in [0.25, 0.3) is 6.08 Å². The zero-order chi connectivity index (χ0) is 20.7. The van der Waals surface area contributed by atoms with Gasteiger partial charge < -0.3 is 14.8 Å². The fourth-order valence-electron chi connectivity index (χ4n) is 2.23. The van der Waals surface area contributed by atoms with Crippen LogP contribution < -0.4 is 15.4 Å². The molecule has 2 rings (SSSR count). The Balaban J connectivity index is 2.16. The van der Waals surface area contributed by atoms with Gasteiger partial charge in [0.05, 0.1) is 18.5 Å². The van der Waals surface area contributed by atoms with Crippen molar-refractivity contribution >= 4 is 29.5 Å². The van der Waals surface area contributed by atoms with Gasteiger partial charge in [-0.3, -0.25) is 10.1 Å². The second-order valence-corrected chi connectivity index (χ2v) is 6.92. The maximum Gasteiger partial charge on any atom is 0.412 e. The number of ether oxygens (including phenoxy) is 2. The van der Waals surface area contributed by atoms with E-state index in [1.54, 1.807) is 51.1 Å². The van der Waals surface area contributed by atoms with E-state index in [-0.39, 0.29) is 5.82 Å². The zero-order valence-electron chi connectivity index (χ0n) is 16.2. The van der Waals surface area contributed by atoms with Gasteiger partial charge in [0.2, 0.25) is 5.91 Å². The van der Waals surface area contributed by atoms with Crippen LogP contribution in [-0.2, 0) is 9.53 Å². The van der Waals surface area contributed by atoms with E-state index in [1.807, 2.05) is 0 Å². The minimum Gasteiger partial charge on any atom is -0.497 e. The van der Waals surface area contributed by atoms with Crippen molar-refractivity contribution in [2.75, 3.05) is 17.7 Å². The highest BCUT2D eigenvalue weighted by Gasteiger charge is 2.18. The van der Waals surface area contributed by atoms with Crippen molar-refractivity contribution in [3.05, 3.63) is 59.9 Å². The molecule has 0 saturated carbocycles. The highest BCUT2D eigenvalue weighted by molar-refractivity contribution is 6.05. The number of halogens is 1. The average Bonchev–Trinajstić information content (AvgIpc) is 2.60. The summed E-state index contributed by atoms with van der Waals surface area (Å²) in [6, 6.07) is 10.7. The molecule has 7 heteroatoms. The van der Waals surface area contributed by atoms with Crippen molar-refractivity contribution < 1.29 is 23.5 Å². The normalized spacial score (nSPS) is 11.2. The van der Waals surface area contributed by atoms with Gasteiger partial charge in [-0.1, -0.05) is 12.1 Å². The van der Waals surface area contributed by atoms with Gasteiger partial charge in [-0.2, -0.15) is 0 Å². The standard InChI is InChI=1S/C21H23FN2O4/c1-21(2,3)28-20(26)24-17-10-9-16(27-4)13-18(17)23-19(25)11-8-14-6-5-7-15(22)12-14/h5-13H,1-4H3,(H,23,25)(H,24,26). The van der Waals surface area contributed by atoms with E-state index in [9.17, 15) is 14.0 Å². The summed E-state index contributed by atoms with van der Waals surface area (Å²) in [4.78, 5) is 24.3. The van der Waals surface area contributed by atoms with Crippen LogP contribution in [0.5, 0.6) is 5.75 Å². The topological polar surface area (TPSA) is 76.7 Å². The Labute approximate surface area is 163 Å². The number of anilines is 2. The molecule has 0 unspecified atom stereocenters. The van der Waals surface area contributed by atoms with Gasteiger partial charge in [0.1, 0.15) is 17.2 Å². The molecule has 0 aliphatic rings. The number of nitrogens with one attached hydrogen (secondary N) is 2. The van der Waals surface area contributed by atoms with Crippen molar-refractivity contribution in [2.45, 2.75) is 26.4 Å². The molecule has 0 aliphatic carbocycles. The van der Waals surface area contributed by atoms with Crippen LogP contribution in [0.2, 0.25) is 0 Å². The molecule has 28 heavy (non-hydrogen) atoms. The highest BCUT2D eigenvalue weighted by Crippen LogP contribution is 2.27. The molecule has 2 amide bonds. The van der Waals surface area contributed by atoms with E-state index in [1.165, 1.54) is 31.4 Å². The molecule has 0 heterocycles. The first-order valence-electron chi connectivity index (χ1n) is 8.59. The molecule has 2 aromatic rings. The van der Waals surface area contributed by atoms with Crippen LogP contribution in [-0.4, -0.2) is 24.7 Å². The molecule has 6 nitrogen and oxygen atoms in total. The Bertz CT molecular complexity index is 888. The first-order valence-corrected chi connectivity index (χ1v) is 8.59. The summed E-state index contributed by atoms with van der Waals surface area (Å²) in [5.41, 5.74) is 0.572. The van der Waals surface area contributed by atoms with Crippen molar-refractivity contribution in [3.63, 3.8) is 0 Å². The minimum absolute atomic E-state index is 0.333. The summed E-state index contributed by atoms with van der Waals surface area (Å²) in [6.07, 6.45) is 2.11. The van der Waals surface area contributed by atoms with E-state index in [2.05, 4.69) is 10.6 Å². The van der Waals surface area contributed by atoms with Crippen LogP contribution in [0.3, 0.4) is 0 Å². The van der Waals surface area contributed by atoms with Crippen molar-refractivity contribution in [1.82, 2.24) is 0 Å². The number of amides is 2. The molecule has 0 fully saturated rings. The highest BCUT2D eigenvalue weighted by atomic mass is 19.1. The third kappa shape index (κ3) is 6.75. The number of benzene rings is 2. The first-order chi connectivity index (χ1) is 13.2. The molecule has 0 spiro atoms. The quantitative estimate of drug-likeness (QED) is 0.722. The van der Waals surface area contributed by atoms with E-state index >= 15 is 0 Å². The molecule has 0 aromatic heterocycles. The maximum absolute atomic E-state index is 13.2. The Morgan fingerprint density at radius 1 is 1.04 bits per heavy atom. The number of hydrogen-bond donors (Lipinski definition) is 2. The van der Waals surface area contributed by atoms with Crippen LogP contribution in [0.4, 0.5) is 20.6 Å². The molecule has 2 aromatic carbocycles. The lowest BCUT2D eigenvalue weighted by Crippen LogP contribution is -2.27. The Kier molecular flexibility index (Phi) is 6.76. The second kappa shape index (κ2) is 9.03. The van der Waals surface area contributed by atoms with Gasteiger partial charge in [-0.05, 0) is 56.7 Å². The monoisotopic (exact) mass is 386 g/mol. The largest absolute Gasteiger partial charge is 0.497 e. The fraction of sp³-hybridized carbons (Fsp3) is 0.238. The third-order valence-corrected chi connectivity index (χ3v) is 3.40. The molecule has 0 radical (unpaired) electrons. The third-order valence-electron chi connectivity index (χ3n) is 3.40. The second-order valence-electron chi connectivity index (χ2n) is 6.92. The van der Waals surface area contributed by atoms with E-state index in [0.29, 0.717) is 22.7 Å². The summed E-state index contributed by atoms with van der Waals surface area (Å²) in [7, 11) is 1.49. The summed E-state index contributed by atoms with van der Waals surface area (Å²) in [5.74, 6) is -0.344. The van der Waals surface area contributed by atoms with Crippen LogP contribution in [0.15, 0.2) is 48.5 Å². The molecular formula is C21H23FN2O4. The van der Waals surface area contributed by atoms with Crippen molar-refractivity contribution in [3.8, 4) is 5.75 Å². The summed E-state index contributed by atoms with van der Waals surface area (Å²) in [6.45, 7) is 5.25. The van der Waals surface area contributed by atoms with Gasteiger partial charge >= 0.3 is 6.09 Å². The van der Waals surface area contributed by atoms with Crippen molar-refractivity contribution in [2.24, 2.45) is 0 Å². The predicted molar refractivity (Wildman–Crippen MR) is 107 cm³/mol. The van der Waals surface area contributed by atoms with E-state index in [0.717, 1.165) is 0 Å². The zero-order valence-corrected chi connectivity index (χ0v) is 16.2. The van der Waals surface area contributed by atoms with Gasteiger partial charge in [-0.25, -0.2) is 9.18 Å². The molecule has 148 valence electrons. The molecule has 2 N–H and O–H groups in total. The number of methoxy groups -OCH3 is 1. The van der Waals surface area contributed by atoms with E-state index < -0.39 is 17.6 Å². The SMILES string of the molecule is COc1ccc(NC(=O)OC(C)(C)C)c(NC(=O)C=Cc2cccc(F)c2)c1. The average molecular weight is 386 g/mol. The Morgan fingerprint density at radius 2 is 1.79 bits per heavy atom. The lowest BCUT2D eigenvalue weighted by molar-refractivity contribution is -0.111. The van der Waals surface area contributed by atoms with Crippen molar-refractivity contribution in [1.29, 1.82) is 0 Å². The summed E-state index contributed by atoms with van der Waals surface area (Å²) in [5, 5.41) is 5.27. The minimum atomic E-state index is -0.659. The summed E-state index contributed by atoms with van der Waals surface area (Å²) >= 11 is 0. The molecule has 0 aliphatic heterocycles. The Hall–Kier alpha value is -3.35. The molecule has 0 atom stereocenters. The summed E-state index contributed by atoms with van der Waals surface area (Å²) < 4.78 is 23.6. The molecule has 0 saturated heterocycles. The first kappa shape index (κ1) is 21.0. The lowest BCUT2D eigenvalue weighted by atomic mass is 10.2. The number of hydrogen-bond acceptors (Lipinski definition) is 4. The van der Waals surface area contributed by atoms with Crippen LogP contribution >= 0.6 is 0 Å². The van der Waals surface area contributed by atoms with Gasteiger partial charge in [0.25, 0.3) is 0 Å². The van der Waals surface area contributed by atoms with E-state index in [4.69, 9.17) is 9.47 Å². The number of carbonyl (C=O) groups excluding carboxylic acids is 2. The van der Waals surface area contributed by atoms with Crippen LogP contribution in [0, 0.1) is 5.82 Å². The Morgan fingerprint density at radius 3 is 2.43 bits per heavy atom. The van der Waals surface area contributed by atoms with Gasteiger partial charge in [-0.15, -0.1) is 0 Å². The fourth-order valence-corrected chi connectivity index (χ4v) is 2.23. The van der Waals surface area contributed by atoms with Gasteiger partial charge in [0, 0.05) is 12.1 Å². The van der Waals surface area contributed by atoms with Gasteiger partial charge in [0.15, 0.2) is 0 Å². The maximum atomic E-state index is 13.2. The molecular weight excluding hydrogens is 363 g/mol.